The largest absolute Gasteiger partial charge is 0.455 e. The molecule has 3 heterocycles. The van der Waals surface area contributed by atoms with Gasteiger partial charge in [0.2, 0.25) is 0 Å². The van der Waals surface area contributed by atoms with E-state index < -0.39 is 6.10 Å². The van der Waals surface area contributed by atoms with Crippen molar-refractivity contribution in [2.24, 2.45) is 0 Å². The summed E-state index contributed by atoms with van der Waals surface area (Å²) in [5.74, 6) is -0.263. The van der Waals surface area contributed by atoms with E-state index in [0.717, 1.165) is 70.6 Å². The average molecular weight is 735 g/mol. The number of carbonyl (C=O) groups is 1. The molecule has 3 N–H and O–H groups in total. The average Bonchev–Trinajstić information content (AvgIpc) is 3.89. The van der Waals surface area contributed by atoms with Crippen LogP contribution in [-0.2, 0) is 19.0 Å². The fourth-order valence-corrected chi connectivity index (χ4v) is 8.70. The van der Waals surface area contributed by atoms with E-state index in [1.165, 1.54) is 128 Å². The number of cyclic esters (lactones) is 1. The summed E-state index contributed by atoms with van der Waals surface area (Å²) >= 11 is 0. The molecule has 0 aromatic rings. The third-order valence-corrected chi connectivity index (χ3v) is 12.0. The van der Waals surface area contributed by atoms with E-state index in [1.807, 2.05) is 13.0 Å². The molecular weight excluding hydrogens is 652 g/mol. The zero-order valence-corrected chi connectivity index (χ0v) is 33.8. The lowest BCUT2D eigenvalue weighted by molar-refractivity contribution is -0.139. The Bertz CT molecular complexity index is 923. The van der Waals surface area contributed by atoms with E-state index in [0.29, 0.717) is 12.0 Å². The Morgan fingerprint density at radius 1 is 0.558 bits per heavy atom. The highest BCUT2D eigenvalue weighted by Gasteiger charge is 2.40. The molecule has 7 heteroatoms. The van der Waals surface area contributed by atoms with Crippen molar-refractivity contribution in [3.05, 3.63) is 11.6 Å². The van der Waals surface area contributed by atoms with Gasteiger partial charge in [0, 0.05) is 12.0 Å². The molecule has 0 amide bonds. The predicted molar refractivity (Wildman–Crippen MR) is 212 cm³/mol. The van der Waals surface area contributed by atoms with Gasteiger partial charge in [0.1, 0.15) is 6.10 Å². The molecule has 0 unspecified atom stereocenters. The molecule has 0 bridgehead atoms. The number of hydrogen-bond acceptors (Lipinski definition) is 7. The monoisotopic (exact) mass is 735 g/mol. The zero-order chi connectivity index (χ0) is 37.2. The lowest BCUT2D eigenvalue weighted by Crippen LogP contribution is -2.33. The standard InChI is InChI=1S/C45H82O7/c1-3-4-5-6-7-19-22-25-28-39(47)41-30-32-43(51-41)44-33-31-42(52-44)40(48)29-26-23-20-17-15-13-11-9-8-10-12-14-16-18-21-24-27-38(46)35-37-34-36(2)50-45(37)49/h34,36,38-44,46-48H,3-33,35H2,1-2H3/t36-,38+,39-,40+,41+,42+,43-,44-/m1/s1. The Balaban J connectivity index is 1.04. The summed E-state index contributed by atoms with van der Waals surface area (Å²) in [5.41, 5.74) is 0.637. The molecule has 3 aliphatic heterocycles. The highest BCUT2D eigenvalue weighted by molar-refractivity contribution is 5.90. The van der Waals surface area contributed by atoms with E-state index in [9.17, 15) is 20.1 Å². The van der Waals surface area contributed by atoms with Gasteiger partial charge in [0.05, 0.1) is 42.7 Å². The number of ether oxygens (including phenoxy) is 3. The summed E-state index contributed by atoms with van der Waals surface area (Å²) in [6, 6.07) is 0. The maximum absolute atomic E-state index is 11.7. The Morgan fingerprint density at radius 3 is 1.29 bits per heavy atom. The molecule has 3 aliphatic rings. The molecular formula is C45H82O7. The van der Waals surface area contributed by atoms with Gasteiger partial charge in [-0.25, -0.2) is 4.79 Å². The second-order valence-corrected chi connectivity index (χ2v) is 16.9. The number of esters is 1. The van der Waals surface area contributed by atoms with Crippen LogP contribution in [0.25, 0.3) is 0 Å². The van der Waals surface area contributed by atoms with Crippen molar-refractivity contribution in [1.29, 1.82) is 0 Å². The maximum atomic E-state index is 11.7. The van der Waals surface area contributed by atoms with Crippen molar-refractivity contribution < 1.29 is 34.3 Å². The highest BCUT2D eigenvalue weighted by Crippen LogP contribution is 2.35. The van der Waals surface area contributed by atoms with Gasteiger partial charge in [-0.2, -0.15) is 0 Å². The minimum atomic E-state index is -0.433. The van der Waals surface area contributed by atoms with Crippen LogP contribution in [0.5, 0.6) is 0 Å². The van der Waals surface area contributed by atoms with E-state index in [2.05, 4.69) is 6.92 Å². The minimum Gasteiger partial charge on any atom is -0.455 e. The van der Waals surface area contributed by atoms with Gasteiger partial charge in [0.15, 0.2) is 0 Å². The molecule has 8 atom stereocenters. The van der Waals surface area contributed by atoms with E-state index in [4.69, 9.17) is 14.2 Å². The van der Waals surface area contributed by atoms with Crippen LogP contribution in [0, 0.1) is 0 Å². The molecule has 0 spiro atoms. The van der Waals surface area contributed by atoms with Gasteiger partial charge < -0.3 is 29.5 Å². The van der Waals surface area contributed by atoms with Crippen LogP contribution >= 0.6 is 0 Å². The smallest absolute Gasteiger partial charge is 0.334 e. The van der Waals surface area contributed by atoms with Crippen LogP contribution in [0.2, 0.25) is 0 Å². The normalized spacial score (nSPS) is 25.1. The second-order valence-electron chi connectivity index (χ2n) is 16.9. The van der Waals surface area contributed by atoms with Crippen molar-refractivity contribution in [1.82, 2.24) is 0 Å². The molecule has 0 aromatic carbocycles. The first-order chi connectivity index (χ1) is 25.4. The number of hydrogen-bond donors (Lipinski definition) is 3. The van der Waals surface area contributed by atoms with Gasteiger partial charge in [-0.05, 0) is 57.9 Å². The van der Waals surface area contributed by atoms with Crippen molar-refractivity contribution in [3.63, 3.8) is 0 Å². The number of aliphatic hydroxyl groups excluding tert-OH is 3. The first kappa shape index (κ1) is 45.4. The number of rotatable bonds is 33. The van der Waals surface area contributed by atoms with Crippen molar-refractivity contribution in [2.45, 2.75) is 268 Å². The Labute approximate surface area is 319 Å². The van der Waals surface area contributed by atoms with Gasteiger partial charge >= 0.3 is 5.97 Å². The van der Waals surface area contributed by atoms with Crippen molar-refractivity contribution in [2.75, 3.05) is 0 Å². The maximum Gasteiger partial charge on any atom is 0.334 e. The summed E-state index contributed by atoms with van der Waals surface area (Å²) in [6.45, 7) is 4.11. The topological polar surface area (TPSA) is 105 Å². The molecule has 304 valence electrons. The Hall–Kier alpha value is -0.990. The fraction of sp³-hybridized carbons (Fsp3) is 0.933. The first-order valence-electron chi connectivity index (χ1n) is 22.6. The lowest BCUT2D eigenvalue weighted by atomic mass is 10.00. The second kappa shape index (κ2) is 28.4. The third-order valence-electron chi connectivity index (χ3n) is 12.0. The summed E-state index contributed by atoms with van der Waals surface area (Å²) in [4.78, 5) is 11.7. The molecule has 7 nitrogen and oxygen atoms in total. The van der Waals surface area contributed by atoms with Crippen LogP contribution in [0.1, 0.15) is 219 Å². The van der Waals surface area contributed by atoms with Gasteiger partial charge in [-0.1, -0.05) is 161 Å². The lowest BCUT2D eigenvalue weighted by Gasteiger charge is -2.24. The van der Waals surface area contributed by atoms with Crippen LogP contribution in [0.3, 0.4) is 0 Å². The Kier molecular flexibility index (Phi) is 24.8. The molecule has 52 heavy (non-hydrogen) atoms. The molecule has 3 rings (SSSR count). The first-order valence-corrected chi connectivity index (χ1v) is 22.6. The molecule has 0 radical (unpaired) electrons. The summed E-state index contributed by atoms with van der Waals surface area (Å²) in [7, 11) is 0. The van der Waals surface area contributed by atoms with Crippen molar-refractivity contribution in [3.8, 4) is 0 Å². The quantitative estimate of drug-likeness (QED) is 0.0455. The van der Waals surface area contributed by atoms with Gasteiger partial charge in [0.25, 0.3) is 0 Å². The molecule has 2 saturated heterocycles. The minimum absolute atomic E-state index is 0.0472. The van der Waals surface area contributed by atoms with Crippen LogP contribution in [-0.4, -0.2) is 70.1 Å². The van der Waals surface area contributed by atoms with E-state index in [1.54, 1.807) is 0 Å². The summed E-state index contributed by atoms with van der Waals surface area (Å²) < 4.78 is 17.7. The summed E-state index contributed by atoms with van der Waals surface area (Å²) in [5, 5.41) is 31.7. The SMILES string of the molecule is CCCCCCCCCC[C@@H](O)[C@@H]1CC[C@H]([C@H]2CC[C@@H]([C@@H](O)CCCCCCCCCCCCCCCCCC[C@H](O)CC3=C[C@@H](C)OC3=O)O2)O1. The molecule has 0 saturated carbocycles. The van der Waals surface area contributed by atoms with Gasteiger partial charge in [-0.3, -0.25) is 0 Å². The van der Waals surface area contributed by atoms with Crippen LogP contribution in [0.4, 0.5) is 0 Å². The number of unbranched alkanes of at least 4 members (excludes halogenated alkanes) is 22. The van der Waals surface area contributed by atoms with Gasteiger partial charge in [-0.15, -0.1) is 0 Å². The highest BCUT2D eigenvalue weighted by atomic mass is 16.6. The van der Waals surface area contributed by atoms with Crippen LogP contribution in [0.15, 0.2) is 11.6 Å². The molecule has 2 fully saturated rings. The summed E-state index contributed by atoms with van der Waals surface area (Å²) in [6.07, 6.45) is 37.9. The number of carbonyl (C=O) groups excluding carboxylic acids is 1. The third kappa shape index (κ3) is 19.6. The van der Waals surface area contributed by atoms with E-state index in [-0.39, 0.29) is 48.7 Å². The van der Waals surface area contributed by atoms with Crippen molar-refractivity contribution >= 4 is 5.97 Å². The fourth-order valence-electron chi connectivity index (χ4n) is 8.70. The molecule has 0 aromatic heterocycles. The number of aliphatic hydroxyl groups is 3. The van der Waals surface area contributed by atoms with E-state index >= 15 is 0 Å². The predicted octanol–water partition coefficient (Wildman–Crippen LogP) is 11.0. The van der Waals surface area contributed by atoms with Crippen LogP contribution < -0.4 is 0 Å². The zero-order valence-electron chi connectivity index (χ0n) is 33.8. The Morgan fingerprint density at radius 2 is 0.923 bits per heavy atom. The molecule has 0 aliphatic carbocycles.